The zero-order valence-corrected chi connectivity index (χ0v) is 12.2. The van der Waals surface area contributed by atoms with Crippen LogP contribution in [0.3, 0.4) is 0 Å². The summed E-state index contributed by atoms with van der Waals surface area (Å²) in [6, 6.07) is 3.68. The molecule has 1 N–H and O–H groups in total. The van der Waals surface area contributed by atoms with Crippen molar-refractivity contribution >= 4 is 23.6 Å². The predicted octanol–water partition coefficient (Wildman–Crippen LogP) is 1.46. The van der Waals surface area contributed by atoms with Crippen molar-refractivity contribution in [2.45, 2.75) is 12.3 Å². The molecule has 0 bridgehead atoms. The number of pyridine rings is 1. The van der Waals surface area contributed by atoms with E-state index in [1.807, 2.05) is 12.3 Å². The van der Waals surface area contributed by atoms with Crippen LogP contribution in [0.4, 0.5) is 0 Å². The van der Waals surface area contributed by atoms with Gasteiger partial charge in [0.15, 0.2) is 0 Å². The van der Waals surface area contributed by atoms with Gasteiger partial charge in [0.2, 0.25) is 5.91 Å². The molecule has 2 rings (SSSR count). The van der Waals surface area contributed by atoms with Crippen molar-refractivity contribution < 1.29 is 14.7 Å². The quantitative estimate of drug-likeness (QED) is 0.890. The molecule has 20 heavy (non-hydrogen) atoms. The van der Waals surface area contributed by atoms with Crippen molar-refractivity contribution in [3.63, 3.8) is 0 Å². The summed E-state index contributed by atoms with van der Waals surface area (Å²) in [6.07, 6.45) is 5.77. The van der Waals surface area contributed by atoms with Crippen LogP contribution in [0.1, 0.15) is 17.9 Å². The number of carboxylic acid groups (broad SMARTS) is 1. The van der Waals surface area contributed by atoms with Gasteiger partial charge in [-0.25, -0.2) is 0 Å². The number of aliphatic carboxylic acids is 1. The number of carboxylic acids is 1. The molecule has 1 fully saturated rings. The van der Waals surface area contributed by atoms with E-state index in [0.717, 1.165) is 11.3 Å². The minimum atomic E-state index is -0.848. The second-order valence-corrected chi connectivity index (χ2v) is 5.86. The van der Waals surface area contributed by atoms with Crippen LogP contribution in [-0.2, 0) is 9.59 Å². The molecule has 0 unspecified atom stereocenters. The van der Waals surface area contributed by atoms with Crippen LogP contribution in [0.25, 0.3) is 0 Å². The second kappa shape index (κ2) is 6.74. The van der Waals surface area contributed by atoms with Crippen LogP contribution in [0.5, 0.6) is 0 Å². The lowest BCUT2D eigenvalue weighted by Gasteiger charge is -2.16. The molecule has 1 aliphatic rings. The fraction of sp³-hybridized carbons (Fsp3) is 0.500. The summed E-state index contributed by atoms with van der Waals surface area (Å²) in [5, 5.41) is 9.36. The molecule has 0 aromatic carbocycles. The van der Waals surface area contributed by atoms with Crippen molar-refractivity contribution in [1.82, 2.24) is 9.88 Å². The van der Waals surface area contributed by atoms with E-state index in [1.165, 1.54) is 0 Å². The number of aromatic nitrogens is 1. The number of hydrogen-bond acceptors (Lipinski definition) is 4. The monoisotopic (exact) mass is 294 g/mol. The topological polar surface area (TPSA) is 70.5 Å². The molecular formula is C14H18N2O3S. The van der Waals surface area contributed by atoms with E-state index >= 15 is 0 Å². The molecule has 1 aromatic rings. The standard InChI is InChI=1S/C14H18N2O3S/c1-20-6-4-13(17)16-8-11(12(9-16)14(18)19)10-3-2-5-15-7-10/h2-3,5,7,11-12H,4,6,8-9H2,1H3,(H,18,19)/t11-,12+/m1/s1. The number of thioether (sulfide) groups is 1. The SMILES string of the molecule is CSCCC(=O)N1C[C@H](C(=O)O)[C@@H](c2cccnc2)C1. The summed E-state index contributed by atoms with van der Waals surface area (Å²) in [6.45, 7) is 0.762. The third kappa shape index (κ3) is 3.30. The third-order valence-electron chi connectivity index (χ3n) is 3.62. The molecule has 0 spiro atoms. The summed E-state index contributed by atoms with van der Waals surface area (Å²) >= 11 is 1.62. The molecule has 1 amide bonds. The number of rotatable bonds is 5. The van der Waals surface area contributed by atoms with Crippen LogP contribution in [0.15, 0.2) is 24.5 Å². The van der Waals surface area contributed by atoms with Gasteiger partial charge in [-0.1, -0.05) is 6.07 Å². The van der Waals surface area contributed by atoms with E-state index in [9.17, 15) is 14.7 Å². The minimum absolute atomic E-state index is 0.0389. The highest BCUT2D eigenvalue weighted by atomic mass is 32.2. The van der Waals surface area contributed by atoms with Gasteiger partial charge in [0.05, 0.1) is 5.92 Å². The molecule has 2 atom stereocenters. The maximum atomic E-state index is 12.1. The Labute approximate surface area is 122 Å². The third-order valence-corrected chi connectivity index (χ3v) is 4.23. The Kier molecular flexibility index (Phi) is 5.00. The van der Waals surface area contributed by atoms with Crippen molar-refractivity contribution in [3.8, 4) is 0 Å². The van der Waals surface area contributed by atoms with Crippen molar-refractivity contribution in [3.05, 3.63) is 30.1 Å². The normalized spacial score (nSPS) is 21.9. The zero-order valence-electron chi connectivity index (χ0n) is 11.4. The minimum Gasteiger partial charge on any atom is -0.481 e. The summed E-state index contributed by atoms with van der Waals surface area (Å²) in [4.78, 5) is 29.2. The molecule has 108 valence electrons. The Morgan fingerprint density at radius 3 is 2.90 bits per heavy atom. The summed E-state index contributed by atoms with van der Waals surface area (Å²) in [7, 11) is 0. The molecule has 0 radical (unpaired) electrons. The smallest absolute Gasteiger partial charge is 0.308 e. The van der Waals surface area contributed by atoms with Crippen LogP contribution >= 0.6 is 11.8 Å². The Hall–Kier alpha value is -1.56. The first kappa shape index (κ1) is 14.8. The Bertz CT molecular complexity index is 481. The van der Waals surface area contributed by atoms with Gasteiger partial charge >= 0.3 is 5.97 Å². The van der Waals surface area contributed by atoms with E-state index in [-0.39, 0.29) is 11.8 Å². The molecule has 1 aliphatic heterocycles. The Balaban J connectivity index is 2.12. The van der Waals surface area contributed by atoms with E-state index in [2.05, 4.69) is 4.98 Å². The van der Waals surface area contributed by atoms with Gasteiger partial charge in [-0.3, -0.25) is 14.6 Å². The summed E-state index contributed by atoms with van der Waals surface area (Å²) in [5.41, 5.74) is 0.889. The van der Waals surface area contributed by atoms with Crippen molar-refractivity contribution in [2.24, 2.45) is 5.92 Å². The summed E-state index contributed by atoms with van der Waals surface area (Å²) < 4.78 is 0. The lowest BCUT2D eigenvalue weighted by Crippen LogP contribution is -2.30. The second-order valence-electron chi connectivity index (χ2n) is 4.88. The maximum Gasteiger partial charge on any atom is 0.308 e. The van der Waals surface area contributed by atoms with Gasteiger partial charge < -0.3 is 10.0 Å². The van der Waals surface area contributed by atoms with Gasteiger partial charge in [-0.2, -0.15) is 11.8 Å². The number of hydrogen-bond donors (Lipinski definition) is 1. The Morgan fingerprint density at radius 1 is 1.50 bits per heavy atom. The highest BCUT2D eigenvalue weighted by Gasteiger charge is 2.40. The zero-order chi connectivity index (χ0) is 14.5. The largest absolute Gasteiger partial charge is 0.481 e. The molecule has 0 saturated carbocycles. The number of nitrogens with zero attached hydrogens (tertiary/aromatic N) is 2. The number of likely N-dealkylation sites (tertiary alicyclic amines) is 1. The van der Waals surface area contributed by atoms with E-state index in [1.54, 1.807) is 35.1 Å². The van der Waals surface area contributed by atoms with E-state index < -0.39 is 11.9 Å². The van der Waals surface area contributed by atoms with Crippen LogP contribution in [0, 0.1) is 5.92 Å². The summed E-state index contributed by atoms with van der Waals surface area (Å²) in [5.74, 6) is -0.752. The first-order valence-electron chi connectivity index (χ1n) is 6.53. The van der Waals surface area contributed by atoms with Crippen LogP contribution < -0.4 is 0 Å². The van der Waals surface area contributed by atoms with Crippen molar-refractivity contribution in [2.75, 3.05) is 25.1 Å². The number of amides is 1. The van der Waals surface area contributed by atoms with Gasteiger partial charge in [0.25, 0.3) is 0 Å². The highest BCUT2D eigenvalue weighted by molar-refractivity contribution is 7.98. The fourth-order valence-corrected chi connectivity index (χ4v) is 2.92. The molecule has 1 aromatic heterocycles. The molecule has 5 nitrogen and oxygen atoms in total. The maximum absolute atomic E-state index is 12.1. The lowest BCUT2D eigenvalue weighted by atomic mass is 9.90. The average Bonchev–Trinajstić information content (AvgIpc) is 2.91. The molecule has 1 saturated heterocycles. The first-order chi connectivity index (χ1) is 9.63. The van der Waals surface area contributed by atoms with Gasteiger partial charge in [0, 0.05) is 43.6 Å². The predicted molar refractivity (Wildman–Crippen MR) is 77.7 cm³/mol. The van der Waals surface area contributed by atoms with Crippen molar-refractivity contribution in [1.29, 1.82) is 0 Å². The van der Waals surface area contributed by atoms with E-state index in [4.69, 9.17) is 0 Å². The van der Waals surface area contributed by atoms with Crippen LogP contribution in [-0.4, -0.2) is 52.0 Å². The highest BCUT2D eigenvalue weighted by Crippen LogP contribution is 2.32. The van der Waals surface area contributed by atoms with Gasteiger partial charge in [-0.05, 0) is 17.9 Å². The molecule has 0 aliphatic carbocycles. The van der Waals surface area contributed by atoms with Crippen LogP contribution in [0.2, 0.25) is 0 Å². The fourth-order valence-electron chi connectivity index (χ4n) is 2.54. The Morgan fingerprint density at radius 2 is 2.30 bits per heavy atom. The first-order valence-corrected chi connectivity index (χ1v) is 7.92. The lowest BCUT2D eigenvalue weighted by molar-refractivity contribution is -0.141. The molecular weight excluding hydrogens is 276 g/mol. The number of carbonyl (C=O) groups is 2. The van der Waals surface area contributed by atoms with E-state index in [0.29, 0.717) is 19.5 Å². The molecule has 2 heterocycles. The molecule has 6 heteroatoms. The number of carbonyl (C=O) groups excluding carboxylic acids is 1. The average molecular weight is 294 g/mol. The van der Waals surface area contributed by atoms with Gasteiger partial charge in [-0.15, -0.1) is 0 Å². The van der Waals surface area contributed by atoms with Gasteiger partial charge in [0.1, 0.15) is 0 Å².